The minimum Gasteiger partial charge on any atom is -0.496 e. The first-order valence-electron chi connectivity index (χ1n) is 9.86. The number of anilines is 4. The highest BCUT2D eigenvalue weighted by Crippen LogP contribution is 2.27. The normalized spacial score (nSPS) is 11.1. The first kappa shape index (κ1) is 22.4. The van der Waals surface area contributed by atoms with Crippen LogP contribution in [-0.2, 0) is 10.0 Å². The van der Waals surface area contributed by atoms with E-state index in [0.29, 0.717) is 28.6 Å². The van der Waals surface area contributed by atoms with Gasteiger partial charge in [-0.15, -0.1) is 0 Å². The van der Waals surface area contributed by atoms with Crippen molar-refractivity contribution in [2.24, 2.45) is 0 Å². The molecule has 9 heteroatoms. The number of rotatable bonds is 8. The molecule has 0 amide bonds. The molecule has 0 aliphatic carbocycles. The van der Waals surface area contributed by atoms with Crippen LogP contribution in [0.25, 0.3) is 0 Å². The van der Waals surface area contributed by atoms with E-state index in [1.165, 1.54) is 0 Å². The average molecular weight is 442 g/mol. The second-order valence-corrected chi connectivity index (χ2v) is 8.76. The highest BCUT2D eigenvalue weighted by atomic mass is 32.2. The Morgan fingerprint density at radius 2 is 1.55 bits per heavy atom. The molecular formula is C22H27N5O3S. The van der Waals surface area contributed by atoms with Crippen LogP contribution in [-0.4, -0.2) is 32.0 Å². The third kappa shape index (κ3) is 5.43. The molecule has 0 spiro atoms. The van der Waals surface area contributed by atoms with Gasteiger partial charge in [-0.2, -0.15) is 0 Å². The van der Waals surface area contributed by atoms with Crippen molar-refractivity contribution < 1.29 is 13.2 Å². The number of ether oxygens (including phenoxy) is 1. The lowest BCUT2D eigenvalue weighted by Gasteiger charge is -2.14. The molecule has 3 N–H and O–H groups in total. The van der Waals surface area contributed by atoms with E-state index >= 15 is 0 Å². The van der Waals surface area contributed by atoms with Crippen molar-refractivity contribution in [3.63, 3.8) is 0 Å². The van der Waals surface area contributed by atoms with E-state index in [1.54, 1.807) is 50.4 Å². The smallest absolute Gasteiger partial charge is 0.262 e. The lowest BCUT2D eigenvalue weighted by atomic mass is 10.1. The van der Waals surface area contributed by atoms with Gasteiger partial charge in [-0.1, -0.05) is 0 Å². The van der Waals surface area contributed by atoms with Crippen molar-refractivity contribution >= 4 is 33.0 Å². The molecule has 1 heterocycles. The molecule has 164 valence electrons. The molecule has 0 radical (unpaired) electrons. The number of hydrogen-bond acceptors (Lipinski definition) is 7. The Hall–Kier alpha value is -3.33. The molecule has 3 rings (SSSR count). The van der Waals surface area contributed by atoms with E-state index in [4.69, 9.17) is 4.74 Å². The predicted octanol–water partition coefficient (Wildman–Crippen LogP) is 4.39. The van der Waals surface area contributed by atoms with Gasteiger partial charge in [0.05, 0.1) is 12.0 Å². The molecule has 0 atom stereocenters. The Bertz CT molecular complexity index is 1180. The number of benzene rings is 2. The third-order valence-corrected chi connectivity index (χ3v) is 6.11. The summed E-state index contributed by atoms with van der Waals surface area (Å²) in [7, 11) is -2.17. The maximum Gasteiger partial charge on any atom is 0.262 e. The fourth-order valence-corrected chi connectivity index (χ4v) is 4.53. The number of aromatic nitrogens is 2. The quantitative estimate of drug-likeness (QED) is 0.476. The minimum absolute atomic E-state index is 0.223. The van der Waals surface area contributed by atoms with E-state index in [0.717, 1.165) is 23.6 Å². The molecule has 1 aromatic heterocycles. The average Bonchev–Trinajstić information content (AvgIpc) is 2.70. The SMILES string of the molecule is CCNc1cc(Nc2ccc(NS(=O)(=O)c3cc(C)c(OC)cc3C)cc2)nc(C)n1. The summed E-state index contributed by atoms with van der Waals surface area (Å²) in [5.41, 5.74) is 2.61. The van der Waals surface area contributed by atoms with Gasteiger partial charge in [0.1, 0.15) is 23.2 Å². The van der Waals surface area contributed by atoms with Crippen LogP contribution >= 0.6 is 0 Å². The molecule has 0 fully saturated rings. The van der Waals surface area contributed by atoms with Crippen LogP contribution in [0.15, 0.2) is 47.4 Å². The summed E-state index contributed by atoms with van der Waals surface area (Å²) in [5, 5.41) is 6.38. The van der Waals surface area contributed by atoms with Crippen molar-refractivity contribution in [2.45, 2.75) is 32.6 Å². The van der Waals surface area contributed by atoms with Crippen LogP contribution in [0.5, 0.6) is 5.75 Å². The highest BCUT2D eigenvalue weighted by Gasteiger charge is 2.19. The maximum absolute atomic E-state index is 12.9. The Balaban J connectivity index is 1.77. The zero-order valence-corrected chi connectivity index (χ0v) is 19.1. The lowest BCUT2D eigenvalue weighted by molar-refractivity contribution is 0.411. The predicted molar refractivity (Wildman–Crippen MR) is 124 cm³/mol. The van der Waals surface area contributed by atoms with Gasteiger partial charge < -0.3 is 15.4 Å². The number of nitrogens with one attached hydrogen (secondary N) is 3. The van der Waals surface area contributed by atoms with Gasteiger partial charge in [-0.25, -0.2) is 18.4 Å². The Morgan fingerprint density at radius 3 is 2.19 bits per heavy atom. The van der Waals surface area contributed by atoms with E-state index in [9.17, 15) is 8.42 Å². The molecule has 3 aromatic rings. The van der Waals surface area contributed by atoms with E-state index in [2.05, 4.69) is 25.3 Å². The highest BCUT2D eigenvalue weighted by molar-refractivity contribution is 7.92. The summed E-state index contributed by atoms with van der Waals surface area (Å²) >= 11 is 0. The summed E-state index contributed by atoms with van der Waals surface area (Å²) in [5.74, 6) is 2.70. The molecule has 0 unspecified atom stereocenters. The summed E-state index contributed by atoms with van der Waals surface area (Å²) in [6.45, 7) is 8.15. The maximum atomic E-state index is 12.9. The van der Waals surface area contributed by atoms with Gasteiger partial charge in [0.15, 0.2) is 0 Å². The van der Waals surface area contributed by atoms with E-state index in [-0.39, 0.29) is 4.90 Å². The molecule has 0 bridgehead atoms. The topological polar surface area (TPSA) is 105 Å². The van der Waals surface area contributed by atoms with Crippen molar-refractivity contribution in [2.75, 3.05) is 29.0 Å². The fourth-order valence-electron chi connectivity index (χ4n) is 3.16. The Labute approximate surface area is 183 Å². The monoisotopic (exact) mass is 441 g/mol. The number of hydrogen-bond donors (Lipinski definition) is 3. The van der Waals surface area contributed by atoms with Gasteiger partial charge in [-0.3, -0.25) is 4.72 Å². The second kappa shape index (κ2) is 9.22. The van der Waals surface area contributed by atoms with Crippen molar-refractivity contribution in [1.29, 1.82) is 0 Å². The zero-order valence-electron chi connectivity index (χ0n) is 18.3. The molecule has 0 saturated heterocycles. The number of nitrogens with zero attached hydrogens (tertiary/aromatic N) is 2. The lowest BCUT2D eigenvalue weighted by Crippen LogP contribution is -2.14. The molecule has 8 nitrogen and oxygen atoms in total. The summed E-state index contributed by atoms with van der Waals surface area (Å²) in [4.78, 5) is 8.93. The zero-order chi connectivity index (χ0) is 22.6. The van der Waals surface area contributed by atoms with Crippen LogP contribution in [0.4, 0.5) is 23.0 Å². The van der Waals surface area contributed by atoms with Gasteiger partial charge in [-0.05, 0) is 75.2 Å². The largest absolute Gasteiger partial charge is 0.496 e. The fraction of sp³-hybridized carbons (Fsp3) is 0.273. The van der Waals surface area contributed by atoms with Crippen molar-refractivity contribution in [3.8, 4) is 5.75 Å². The Kier molecular flexibility index (Phi) is 6.65. The van der Waals surface area contributed by atoms with Crippen molar-refractivity contribution in [1.82, 2.24) is 9.97 Å². The third-order valence-electron chi connectivity index (χ3n) is 4.59. The van der Waals surface area contributed by atoms with Gasteiger partial charge in [0.25, 0.3) is 10.0 Å². The van der Waals surface area contributed by atoms with Gasteiger partial charge in [0.2, 0.25) is 0 Å². The molecule has 2 aromatic carbocycles. The summed E-state index contributed by atoms with van der Waals surface area (Å²) in [6, 6.07) is 12.1. The summed E-state index contributed by atoms with van der Waals surface area (Å²) in [6.07, 6.45) is 0. The molecule has 0 saturated carbocycles. The molecule has 31 heavy (non-hydrogen) atoms. The van der Waals surface area contributed by atoms with Crippen LogP contribution in [0, 0.1) is 20.8 Å². The van der Waals surface area contributed by atoms with Crippen LogP contribution in [0.3, 0.4) is 0 Å². The summed E-state index contributed by atoms with van der Waals surface area (Å²) < 4.78 is 33.7. The Morgan fingerprint density at radius 1 is 0.903 bits per heavy atom. The number of sulfonamides is 1. The number of methoxy groups -OCH3 is 1. The van der Waals surface area contributed by atoms with E-state index < -0.39 is 10.0 Å². The number of aryl methyl sites for hydroxylation is 3. The van der Waals surface area contributed by atoms with E-state index in [1.807, 2.05) is 26.8 Å². The van der Waals surface area contributed by atoms with Crippen molar-refractivity contribution in [3.05, 3.63) is 59.4 Å². The van der Waals surface area contributed by atoms with Gasteiger partial charge in [0, 0.05) is 24.0 Å². The molecular weight excluding hydrogens is 414 g/mol. The van der Waals surface area contributed by atoms with Crippen LogP contribution < -0.4 is 20.1 Å². The van der Waals surface area contributed by atoms with Gasteiger partial charge >= 0.3 is 0 Å². The van der Waals surface area contributed by atoms with Crippen LogP contribution in [0.1, 0.15) is 23.9 Å². The first-order valence-corrected chi connectivity index (χ1v) is 11.3. The minimum atomic E-state index is -3.74. The van der Waals surface area contributed by atoms with Crippen LogP contribution in [0.2, 0.25) is 0 Å². The first-order chi connectivity index (χ1) is 14.7. The molecule has 0 aliphatic heterocycles. The standard InChI is InChI=1S/C22H27N5O3S/c1-6-23-21-13-22(25-16(4)24-21)26-17-7-9-18(10-8-17)27-31(28,29)20-12-14(2)19(30-5)11-15(20)3/h7-13,27H,6H2,1-5H3,(H2,23,24,25,26). The second-order valence-electron chi connectivity index (χ2n) is 7.11. The molecule has 0 aliphatic rings.